The zero-order valence-electron chi connectivity index (χ0n) is 34.2. The van der Waals surface area contributed by atoms with Gasteiger partial charge in [-0.25, -0.2) is 28.6 Å². The minimum atomic E-state index is -5.58. The lowest BCUT2D eigenvalue weighted by Crippen LogP contribution is -2.46. The molecular formula is C33H56N7O18P3S. The molecule has 0 saturated carbocycles. The molecule has 3 rings (SSSR count). The third-order valence-electron chi connectivity index (χ3n) is 8.97. The monoisotopic (exact) mass is 963 g/mol. The summed E-state index contributed by atoms with van der Waals surface area (Å²) in [7, 11) is -16.4. The van der Waals surface area contributed by atoms with E-state index < -0.39 is 90.7 Å². The highest BCUT2D eigenvalue weighted by Crippen LogP contribution is 2.61. The quantitative estimate of drug-likeness (QED) is 0.0327. The molecule has 62 heavy (non-hydrogen) atoms. The van der Waals surface area contributed by atoms with Crippen molar-refractivity contribution in [2.75, 3.05) is 37.8 Å². The van der Waals surface area contributed by atoms with E-state index in [1.807, 2.05) is 6.08 Å². The van der Waals surface area contributed by atoms with Crippen molar-refractivity contribution in [2.24, 2.45) is 5.41 Å². The van der Waals surface area contributed by atoms with Crippen molar-refractivity contribution >= 4 is 69.1 Å². The number of nitrogen functional groups attached to an aromatic ring is 1. The fraction of sp³-hybridized carbons (Fsp3) is 0.697. The van der Waals surface area contributed by atoms with Gasteiger partial charge >= 0.3 is 23.5 Å². The summed E-state index contributed by atoms with van der Waals surface area (Å²) < 4.78 is 62.2. The summed E-state index contributed by atoms with van der Waals surface area (Å²) in [6, 6.07) is 0. The van der Waals surface area contributed by atoms with Crippen LogP contribution < -0.4 is 16.4 Å². The van der Waals surface area contributed by atoms with Gasteiger partial charge in [-0.3, -0.25) is 32.5 Å². The van der Waals surface area contributed by atoms with Gasteiger partial charge in [-0.05, 0) is 25.7 Å². The fourth-order valence-corrected chi connectivity index (χ4v) is 9.26. The first-order chi connectivity index (χ1) is 28.9. The highest BCUT2D eigenvalue weighted by molar-refractivity contribution is 8.13. The molecule has 8 atom stereocenters. The number of imidazole rings is 1. The lowest BCUT2D eigenvalue weighted by Gasteiger charge is -2.30. The molecule has 1 aliphatic heterocycles. The highest BCUT2D eigenvalue weighted by Gasteiger charge is 2.50. The molecule has 0 radical (unpaired) electrons. The molecule has 0 aliphatic carbocycles. The van der Waals surface area contributed by atoms with Crippen molar-refractivity contribution < 1.29 is 85.6 Å². The second kappa shape index (κ2) is 24.5. The zero-order valence-corrected chi connectivity index (χ0v) is 37.7. The van der Waals surface area contributed by atoms with Crippen molar-refractivity contribution in [1.29, 1.82) is 0 Å². The second-order valence-corrected chi connectivity index (χ2v) is 20.1. The van der Waals surface area contributed by atoms with Gasteiger partial charge in [0.1, 0.15) is 36.3 Å². The number of allylic oxidation sites excluding steroid dienone is 2. The van der Waals surface area contributed by atoms with Crippen LogP contribution in [0.3, 0.4) is 0 Å². The smallest absolute Gasteiger partial charge is 0.393 e. The number of ether oxygens (including phenoxy) is 1. The van der Waals surface area contributed by atoms with Crippen molar-refractivity contribution in [2.45, 2.75) is 109 Å². The van der Waals surface area contributed by atoms with Crippen LogP contribution in [0.1, 0.15) is 78.4 Å². The van der Waals surface area contributed by atoms with E-state index in [-0.39, 0.29) is 53.8 Å². The topological polar surface area (TPSA) is 384 Å². The number of nitrogens with one attached hydrogen (secondary N) is 2. The third-order valence-corrected chi connectivity index (χ3v) is 13.0. The van der Waals surface area contributed by atoms with E-state index in [4.69, 9.17) is 19.5 Å². The number of rotatable bonds is 28. The number of carbonyl (C=O) groups is 3. The Kier molecular flexibility index (Phi) is 21.2. The Bertz CT molecular complexity index is 1970. The van der Waals surface area contributed by atoms with Crippen LogP contribution in [0.15, 0.2) is 24.8 Å². The average molecular weight is 964 g/mol. The maximum Gasteiger partial charge on any atom is 0.481 e. The minimum absolute atomic E-state index is 0.00975. The summed E-state index contributed by atoms with van der Waals surface area (Å²) in [5.41, 5.74) is 4.24. The van der Waals surface area contributed by atoms with Crippen LogP contribution in [0, 0.1) is 5.41 Å². The van der Waals surface area contributed by atoms with E-state index in [2.05, 4.69) is 47.4 Å². The first-order valence-electron chi connectivity index (χ1n) is 19.3. The Morgan fingerprint density at radius 3 is 2.40 bits per heavy atom. The van der Waals surface area contributed by atoms with Crippen molar-refractivity contribution in [3.05, 3.63) is 24.8 Å². The number of phosphoric acid groups is 3. The molecule has 11 N–H and O–H groups in total. The molecule has 29 heteroatoms. The van der Waals surface area contributed by atoms with Crippen LogP contribution in [-0.4, -0.2) is 134 Å². The van der Waals surface area contributed by atoms with Crippen LogP contribution in [0.2, 0.25) is 0 Å². The number of hydrogen-bond acceptors (Lipinski definition) is 19. The average Bonchev–Trinajstić information content (AvgIpc) is 3.74. The summed E-state index contributed by atoms with van der Waals surface area (Å²) in [6.07, 6.45) is 1.89. The van der Waals surface area contributed by atoms with E-state index in [0.29, 0.717) is 12.8 Å². The van der Waals surface area contributed by atoms with Gasteiger partial charge in [0, 0.05) is 37.1 Å². The maximum atomic E-state index is 12.7. The van der Waals surface area contributed by atoms with Crippen molar-refractivity contribution in [1.82, 2.24) is 30.2 Å². The van der Waals surface area contributed by atoms with Crippen LogP contribution in [0.25, 0.3) is 11.2 Å². The molecule has 0 aromatic carbocycles. The predicted octanol–water partition coefficient (Wildman–Crippen LogP) is 1.33. The van der Waals surface area contributed by atoms with Gasteiger partial charge in [0.15, 0.2) is 22.8 Å². The lowest BCUT2D eigenvalue weighted by molar-refractivity contribution is -0.137. The van der Waals surface area contributed by atoms with Gasteiger partial charge in [-0.15, -0.1) is 0 Å². The number of nitrogens with two attached hydrogens (primary N) is 1. The first kappa shape index (κ1) is 53.6. The largest absolute Gasteiger partial charge is 0.481 e. The number of aliphatic hydroxyl groups excluding tert-OH is 3. The summed E-state index contributed by atoms with van der Waals surface area (Å²) in [6.45, 7) is 2.50. The molecule has 0 spiro atoms. The van der Waals surface area contributed by atoms with E-state index >= 15 is 0 Å². The zero-order chi connectivity index (χ0) is 46.3. The third kappa shape index (κ3) is 18.0. The predicted molar refractivity (Wildman–Crippen MR) is 220 cm³/mol. The van der Waals surface area contributed by atoms with Gasteiger partial charge in [0.25, 0.3) is 0 Å². The Morgan fingerprint density at radius 1 is 1.02 bits per heavy atom. The first-order valence-corrected chi connectivity index (χ1v) is 24.8. The van der Waals surface area contributed by atoms with Crippen LogP contribution in [0.5, 0.6) is 0 Å². The highest BCUT2D eigenvalue weighted by atomic mass is 32.2. The number of fused-ring (bicyclic) bond motifs is 1. The van der Waals surface area contributed by atoms with Crippen LogP contribution >= 0.6 is 35.2 Å². The molecule has 0 bridgehead atoms. The number of aromatic nitrogens is 4. The summed E-state index contributed by atoms with van der Waals surface area (Å²) in [5, 5.41) is 36.3. The molecule has 1 saturated heterocycles. The Hall–Kier alpha value is -2.74. The molecule has 3 heterocycles. The van der Waals surface area contributed by atoms with E-state index in [1.165, 1.54) is 20.3 Å². The molecule has 2 aromatic heterocycles. The Morgan fingerprint density at radius 2 is 1.71 bits per heavy atom. The van der Waals surface area contributed by atoms with Gasteiger partial charge < -0.3 is 56.0 Å². The number of amides is 2. The molecule has 2 amide bonds. The normalized spacial score (nSPS) is 21.4. The Balaban J connectivity index is 1.40. The molecule has 352 valence electrons. The standard InChI is InChI=1S/C33H56N7O18P3S/c1-4-5-6-7-8-9-10-11-21(41)16-24(43)62-15-14-35-23(42)12-13-36-31(46)28(45)33(2,3)18-55-61(52,53)58-60(50,51)54-17-22-27(57-59(47,48)49)26(44)32(56-22)40-20-39-25-29(34)37-19-38-30(25)40/h8-9,19-22,26-28,32,41,44-45H,4-7,10-18H2,1-3H3,(H,35,42)(H,36,46)(H,50,51)(H,52,53)(H2,34,37,38)(H2,47,48,49)/b9-8-/t21-,22+,26-,27-,28?,32+/m0/s1. The minimum Gasteiger partial charge on any atom is -0.393 e. The van der Waals surface area contributed by atoms with Crippen molar-refractivity contribution in [3.63, 3.8) is 0 Å². The number of thioether (sulfide) groups is 1. The number of phosphoric ester groups is 3. The fourth-order valence-electron chi connectivity index (χ4n) is 5.68. The number of carbonyl (C=O) groups excluding carboxylic acids is 3. The second-order valence-electron chi connectivity index (χ2n) is 14.7. The van der Waals surface area contributed by atoms with Gasteiger partial charge in [-0.2, -0.15) is 4.31 Å². The van der Waals surface area contributed by atoms with Gasteiger partial charge in [0.05, 0.1) is 25.6 Å². The van der Waals surface area contributed by atoms with Gasteiger partial charge in [0.2, 0.25) is 11.8 Å². The molecule has 1 fully saturated rings. The number of nitrogens with zero attached hydrogens (tertiary/aromatic N) is 4. The number of aliphatic hydroxyl groups is 3. The van der Waals surface area contributed by atoms with Crippen molar-refractivity contribution in [3.8, 4) is 0 Å². The summed E-state index contributed by atoms with van der Waals surface area (Å²) in [5.74, 6) is -1.25. The van der Waals surface area contributed by atoms with Gasteiger partial charge in [-0.1, -0.05) is 57.5 Å². The van der Waals surface area contributed by atoms with E-state index in [9.17, 15) is 63.0 Å². The van der Waals surface area contributed by atoms with E-state index in [0.717, 1.165) is 48.2 Å². The Labute approximate surface area is 361 Å². The molecule has 1 aliphatic rings. The molecular weight excluding hydrogens is 907 g/mol. The SMILES string of the molecule is CCCCC/C=C\CC[C@H](O)CC(=O)SCCNC(=O)CCNC(=O)C(O)C(C)(C)COP(=O)(O)OP(=O)(O)OC[C@H]1O[C@@H](n2cnc3c(N)ncnc32)[C@@H](O)[C@H]1OP(=O)(O)O. The maximum absolute atomic E-state index is 12.7. The molecule has 3 unspecified atom stereocenters. The lowest BCUT2D eigenvalue weighted by atomic mass is 9.87. The number of hydrogen-bond donors (Lipinski definition) is 10. The van der Waals surface area contributed by atoms with Crippen LogP contribution in [0.4, 0.5) is 5.82 Å². The summed E-state index contributed by atoms with van der Waals surface area (Å²) >= 11 is 0.973. The number of unbranched alkanes of at least 4 members (excludes halogenated alkanes) is 3. The summed E-state index contributed by atoms with van der Waals surface area (Å²) in [4.78, 5) is 88.0. The van der Waals surface area contributed by atoms with Crippen LogP contribution in [-0.2, 0) is 50.7 Å². The molecule has 25 nitrogen and oxygen atoms in total. The molecule has 2 aromatic rings. The number of anilines is 1. The van der Waals surface area contributed by atoms with E-state index in [1.54, 1.807) is 0 Å².